The summed E-state index contributed by atoms with van der Waals surface area (Å²) in [5.74, 6) is -1.15. The number of rotatable bonds is 6. The first-order chi connectivity index (χ1) is 10.1. The molecule has 2 rings (SSSR count). The summed E-state index contributed by atoms with van der Waals surface area (Å²) in [6.07, 6.45) is 3.35. The standard InChI is InChI=1S/C15H17N3O3/c1-18-10-16-9-13(18)15(21)17-12(7-8-14(19)20)11-5-3-2-4-6-11/h2-6,9-10,12H,7-8H2,1H3,(H,17,21)(H,19,20). The molecule has 0 aliphatic carbocycles. The first kappa shape index (κ1) is 14.8. The van der Waals surface area contributed by atoms with Crippen molar-refractivity contribution >= 4 is 11.9 Å². The number of nitrogens with one attached hydrogen (secondary N) is 1. The average molecular weight is 287 g/mol. The van der Waals surface area contributed by atoms with Gasteiger partial charge >= 0.3 is 5.97 Å². The van der Waals surface area contributed by atoms with Crippen molar-refractivity contribution in [3.05, 3.63) is 54.1 Å². The van der Waals surface area contributed by atoms with E-state index in [0.29, 0.717) is 12.1 Å². The lowest BCUT2D eigenvalue weighted by atomic mass is 10.0. The number of hydrogen-bond donors (Lipinski definition) is 2. The van der Waals surface area contributed by atoms with E-state index in [4.69, 9.17) is 5.11 Å². The highest BCUT2D eigenvalue weighted by atomic mass is 16.4. The van der Waals surface area contributed by atoms with Crippen molar-refractivity contribution in [1.82, 2.24) is 14.9 Å². The van der Waals surface area contributed by atoms with Gasteiger partial charge in [-0.15, -0.1) is 0 Å². The molecule has 0 fully saturated rings. The van der Waals surface area contributed by atoms with Crippen LogP contribution in [0.2, 0.25) is 0 Å². The predicted molar refractivity (Wildman–Crippen MR) is 76.7 cm³/mol. The Morgan fingerprint density at radius 1 is 1.33 bits per heavy atom. The maximum Gasteiger partial charge on any atom is 0.303 e. The first-order valence-electron chi connectivity index (χ1n) is 6.62. The van der Waals surface area contributed by atoms with E-state index in [2.05, 4.69) is 10.3 Å². The minimum absolute atomic E-state index is 0.00870. The molecule has 0 aliphatic heterocycles. The Labute approximate surface area is 122 Å². The second-order valence-electron chi connectivity index (χ2n) is 4.76. The number of carboxylic acids is 1. The number of amides is 1. The Morgan fingerprint density at radius 3 is 2.62 bits per heavy atom. The SMILES string of the molecule is Cn1cncc1C(=O)NC(CCC(=O)O)c1ccccc1. The van der Waals surface area contributed by atoms with Crippen LogP contribution in [0.15, 0.2) is 42.9 Å². The van der Waals surface area contributed by atoms with Crippen LogP contribution in [0.5, 0.6) is 0 Å². The highest BCUT2D eigenvalue weighted by molar-refractivity contribution is 5.92. The maximum absolute atomic E-state index is 12.2. The van der Waals surface area contributed by atoms with E-state index in [1.807, 2.05) is 30.3 Å². The van der Waals surface area contributed by atoms with Gasteiger partial charge in [0.2, 0.25) is 0 Å². The minimum Gasteiger partial charge on any atom is -0.481 e. The summed E-state index contributed by atoms with van der Waals surface area (Å²) in [6.45, 7) is 0. The third kappa shape index (κ3) is 3.92. The summed E-state index contributed by atoms with van der Waals surface area (Å²) in [6, 6.07) is 9.00. The number of carbonyl (C=O) groups excluding carboxylic acids is 1. The Bertz CT molecular complexity index is 622. The molecule has 0 bridgehead atoms. The summed E-state index contributed by atoms with van der Waals surface area (Å²) in [5, 5.41) is 11.7. The summed E-state index contributed by atoms with van der Waals surface area (Å²) < 4.78 is 1.62. The molecule has 2 aromatic rings. The Morgan fingerprint density at radius 2 is 2.05 bits per heavy atom. The number of aliphatic carboxylic acids is 1. The van der Waals surface area contributed by atoms with Gasteiger partial charge in [0.25, 0.3) is 5.91 Å². The topological polar surface area (TPSA) is 84.2 Å². The van der Waals surface area contributed by atoms with Crippen LogP contribution in [0.3, 0.4) is 0 Å². The fraction of sp³-hybridized carbons (Fsp3) is 0.267. The van der Waals surface area contributed by atoms with Gasteiger partial charge < -0.3 is 15.0 Å². The van der Waals surface area contributed by atoms with E-state index in [1.54, 1.807) is 17.9 Å². The predicted octanol–water partition coefficient (Wildman–Crippen LogP) is 1.76. The molecule has 1 amide bonds. The molecule has 0 spiro atoms. The molecule has 1 aromatic heterocycles. The van der Waals surface area contributed by atoms with Crippen LogP contribution < -0.4 is 5.32 Å². The van der Waals surface area contributed by atoms with Gasteiger partial charge in [-0.05, 0) is 12.0 Å². The second kappa shape index (κ2) is 6.69. The molecule has 1 unspecified atom stereocenters. The largest absolute Gasteiger partial charge is 0.481 e. The van der Waals surface area contributed by atoms with Gasteiger partial charge in [0, 0.05) is 13.5 Å². The van der Waals surface area contributed by atoms with E-state index < -0.39 is 5.97 Å². The van der Waals surface area contributed by atoms with Gasteiger partial charge in [0.1, 0.15) is 5.69 Å². The molecule has 110 valence electrons. The highest BCUT2D eigenvalue weighted by Crippen LogP contribution is 2.19. The number of aromatic nitrogens is 2. The molecule has 21 heavy (non-hydrogen) atoms. The molecule has 0 saturated carbocycles. The zero-order valence-corrected chi connectivity index (χ0v) is 11.7. The number of hydrogen-bond acceptors (Lipinski definition) is 3. The van der Waals surface area contributed by atoms with Crippen molar-refractivity contribution in [2.45, 2.75) is 18.9 Å². The lowest BCUT2D eigenvalue weighted by Crippen LogP contribution is -2.30. The zero-order chi connectivity index (χ0) is 15.2. The minimum atomic E-state index is -0.884. The molecular weight excluding hydrogens is 270 g/mol. The highest BCUT2D eigenvalue weighted by Gasteiger charge is 2.18. The first-order valence-corrected chi connectivity index (χ1v) is 6.62. The van der Waals surface area contributed by atoms with Crippen LogP contribution >= 0.6 is 0 Å². The number of nitrogens with zero attached hydrogens (tertiary/aromatic N) is 2. The number of aryl methyl sites for hydroxylation is 1. The van der Waals surface area contributed by atoms with Crippen LogP contribution in [0, 0.1) is 0 Å². The fourth-order valence-electron chi connectivity index (χ4n) is 2.08. The molecule has 1 atom stereocenters. The summed E-state index contributed by atoms with van der Waals surface area (Å²) in [5.41, 5.74) is 1.32. The Balaban J connectivity index is 2.14. The van der Waals surface area contributed by atoms with Crippen LogP contribution in [0.25, 0.3) is 0 Å². The molecule has 0 radical (unpaired) electrons. The average Bonchev–Trinajstić information content (AvgIpc) is 2.90. The van der Waals surface area contributed by atoms with E-state index >= 15 is 0 Å². The third-order valence-electron chi connectivity index (χ3n) is 3.20. The normalized spacial score (nSPS) is 11.9. The van der Waals surface area contributed by atoms with Gasteiger partial charge in [0.15, 0.2) is 0 Å². The van der Waals surface area contributed by atoms with Crippen molar-refractivity contribution in [2.24, 2.45) is 7.05 Å². The van der Waals surface area contributed by atoms with Crippen LogP contribution in [-0.2, 0) is 11.8 Å². The lowest BCUT2D eigenvalue weighted by Gasteiger charge is -2.18. The van der Waals surface area contributed by atoms with Gasteiger partial charge in [-0.25, -0.2) is 4.98 Å². The molecular formula is C15H17N3O3. The Hall–Kier alpha value is -2.63. The smallest absolute Gasteiger partial charge is 0.303 e. The van der Waals surface area contributed by atoms with E-state index in [1.165, 1.54) is 6.20 Å². The number of carboxylic acid groups (broad SMARTS) is 1. The number of benzene rings is 1. The number of carbonyl (C=O) groups is 2. The lowest BCUT2D eigenvalue weighted by molar-refractivity contribution is -0.137. The number of imidazole rings is 1. The van der Waals surface area contributed by atoms with Crippen LogP contribution in [0.1, 0.15) is 34.9 Å². The van der Waals surface area contributed by atoms with E-state index in [0.717, 1.165) is 5.56 Å². The van der Waals surface area contributed by atoms with Gasteiger partial charge in [-0.2, -0.15) is 0 Å². The van der Waals surface area contributed by atoms with Crippen molar-refractivity contribution in [3.63, 3.8) is 0 Å². The molecule has 1 heterocycles. The molecule has 6 heteroatoms. The third-order valence-corrected chi connectivity index (χ3v) is 3.20. The Kier molecular flexibility index (Phi) is 4.71. The van der Waals surface area contributed by atoms with Gasteiger partial charge in [-0.3, -0.25) is 9.59 Å². The van der Waals surface area contributed by atoms with E-state index in [9.17, 15) is 9.59 Å². The van der Waals surface area contributed by atoms with Crippen molar-refractivity contribution in [2.75, 3.05) is 0 Å². The summed E-state index contributed by atoms with van der Waals surface area (Å²) in [7, 11) is 1.73. The van der Waals surface area contributed by atoms with E-state index in [-0.39, 0.29) is 18.4 Å². The molecule has 0 aliphatic rings. The van der Waals surface area contributed by atoms with Crippen molar-refractivity contribution in [3.8, 4) is 0 Å². The van der Waals surface area contributed by atoms with Crippen LogP contribution in [-0.4, -0.2) is 26.5 Å². The zero-order valence-electron chi connectivity index (χ0n) is 11.7. The van der Waals surface area contributed by atoms with Crippen molar-refractivity contribution < 1.29 is 14.7 Å². The monoisotopic (exact) mass is 287 g/mol. The molecule has 0 saturated heterocycles. The molecule has 6 nitrogen and oxygen atoms in total. The fourth-order valence-corrected chi connectivity index (χ4v) is 2.08. The molecule has 1 aromatic carbocycles. The maximum atomic E-state index is 12.2. The quantitative estimate of drug-likeness (QED) is 0.847. The summed E-state index contributed by atoms with van der Waals surface area (Å²) >= 11 is 0. The van der Waals surface area contributed by atoms with Crippen LogP contribution in [0.4, 0.5) is 0 Å². The van der Waals surface area contributed by atoms with Gasteiger partial charge in [0.05, 0.1) is 18.6 Å². The molecule has 2 N–H and O–H groups in total. The summed E-state index contributed by atoms with van der Waals surface area (Å²) in [4.78, 5) is 26.9. The van der Waals surface area contributed by atoms with Crippen molar-refractivity contribution in [1.29, 1.82) is 0 Å². The second-order valence-corrected chi connectivity index (χ2v) is 4.76. The van der Waals surface area contributed by atoms with Gasteiger partial charge in [-0.1, -0.05) is 30.3 Å².